The van der Waals surface area contributed by atoms with Crippen LogP contribution in [0.4, 0.5) is 5.69 Å². The van der Waals surface area contributed by atoms with E-state index < -0.39 is 0 Å². The van der Waals surface area contributed by atoms with E-state index in [2.05, 4.69) is 34.7 Å². The van der Waals surface area contributed by atoms with Crippen LogP contribution < -0.4 is 16.0 Å². The lowest BCUT2D eigenvalue weighted by molar-refractivity contribution is 0.0954. The molecule has 1 heterocycles. The maximum atomic E-state index is 12.7. The lowest BCUT2D eigenvalue weighted by Crippen LogP contribution is -2.53. The van der Waals surface area contributed by atoms with Crippen molar-refractivity contribution in [3.05, 3.63) is 63.6 Å². The van der Waals surface area contributed by atoms with E-state index >= 15 is 0 Å². The van der Waals surface area contributed by atoms with Gasteiger partial charge in [0.2, 0.25) is 0 Å². The normalized spacial score (nSPS) is 22.8. The largest absolute Gasteiger partial charge is 0.352 e. The Morgan fingerprint density at radius 3 is 2.53 bits per heavy atom. The topological polar surface area (TPSA) is 68.8 Å². The average Bonchev–Trinajstić information content (AvgIpc) is 2.86. The van der Waals surface area contributed by atoms with E-state index in [1.807, 2.05) is 36.4 Å². The number of guanidine groups is 1. The molecule has 1 saturated carbocycles. The van der Waals surface area contributed by atoms with E-state index in [0.717, 1.165) is 55.6 Å². The summed E-state index contributed by atoms with van der Waals surface area (Å²) in [5.41, 5.74) is 2.52. The second kappa shape index (κ2) is 12.8. The SMILES string of the molecule is CC1CCC(N=C(Nc2ccc(C(=O)NCCc3ccc(Cl)cc3Cl)cc2)N2CCN[C@@H](C)C2)CC1. The van der Waals surface area contributed by atoms with Crippen LogP contribution in [0.15, 0.2) is 47.5 Å². The Morgan fingerprint density at radius 2 is 1.83 bits per heavy atom. The molecule has 0 radical (unpaired) electrons. The minimum Gasteiger partial charge on any atom is -0.352 e. The molecule has 3 N–H and O–H groups in total. The molecule has 2 fully saturated rings. The number of carbonyl (C=O) groups excluding carboxylic acids is 1. The Labute approximate surface area is 224 Å². The Hall–Kier alpha value is -2.28. The zero-order valence-corrected chi connectivity index (χ0v) is 22.7. The molecule has 0 aromatic heterocycles. The smallest absolute Gasteiger partial charge is 0.251 e. The minimum absolute atomic E-state index is 0.104. The van der Waals surface area contributed by atoms with E-state index in [4.69, 9.17) is 28.2 Å². The van der Waals surface area contributed by atoms with Crippen molar-refractivity contribution in [2.24, 2.45) is 10.9 Å². The molecular weight excluding hydrogens is 493 g/mol. The third kappa shape index (κ3) is 7.61. The van der Waals surface area contributed by atoms with E-state index in [-0.39, 0.29) is 5.91 Å². The lowest BCUT2D eigenvalue weighted by atomic mass is 9.88. The van der Waals surface area contributed by atoms with Crippen molar-refractivity contribution in [2.75, 3.05) is 31.5 Å². The van der Waals surface area contributed by atoms with E-state index in [1.165, 1.54) is 12.8 Å². The summed E-state index contributed by atoms with van der Waals surface area (Å²) in [6, 6.07) is 13.8. The molecule has 6 nitrogen and oxygen atoms in total. The van der Waals surface area contributed by atoms with Crippen LogP contribution in [-0.2, 0) is 6.42 Å². The number of anilines is 1. The summed E-state index contributed by atoms with van der Waals surface area (Å²) in [5.74, 6) is 1.64. The van der Waals surface area contributed by atoms with Crippen molar-refractivity contribution in [2.45, 2.75) is 58.0 Å². The number of benzene rings is 2. The highest BCUT2D eigenvalue weighted by Gasteiger charge is 2.23. The van der Waals surface area contributed by atoms with Crippen molar-refractivity contribution in [1.29, 1.82) is 0 Å². The maximum absolute atomic E-state index is 12.7. The number of hydrogen-bond acceptors (Lipinski definition) is 3. The number of hydrogen-bond donors (Lipinski definition) is 3. The summed E-state index contributed by atoms with van der Waals surface area (Å²) in [5, 5.41) is 11.3. The second-order valence-corrected chi connectivity index (χ2v) is 11.0. The fraction of sp³-hybridized carbons (Fsp3) is 0.500. The first-order valence-electron chi connectivity index (χ1n) is 13.0. The van der Waals surface area contributed by atoms with Gasteiger partial charge < -0.3 is 20.9 Å². The van der Waals surface area contributed by atoms with Gasteiger partial charge in [-0.25, -0.2) is 4.99 Å². The predicted molar refractivity (Wildman–Crippen MR) is 150 cm³/mol. The van der Waals surface area contributed by atoms with E-state index in [0.29, 0.717) is 40.7 Å². The molecule has 36 heavy (non-hydrogen) atoms. The van der Waals surface area contributed by atoms with Crippen molar-refractivity contribution in [3.63, 3.8) is 0 Å². The molecule has 4 rings (SSSR count). The molecule has 2 aliphatic rings. The first kappa shape index (κ1) is 26.8. The highest BCUT2D eigenvalue weighted by molar-refractivity contribution is 6.35. The van der Waals surface area contributed by atoms with Gasteiger partial charge in [0.25, 0.3) is 5.91 Å². The van der Waals surface area contributed by atoms with Gasteiger partial charge in [0.15, 0.2) is 5.96 Å². The number of rotatable bonds is 6. The zero-order valence-electron chi connectivity index (χ0n) is 21.2. The van der Waals surface area contributed by atoms with Gasteiger partial charge in [-0.1, -0.05) is 36.2 Å². The molecule has 0 bridgehead atoms. The molecule has 1 aliphatic heterocycles. The predicted octanol–water partition coefficient (Wildman–Crippen LogP) is 5.61. The first-order valence-corrected chi connectivity index (χ1v) is 13.8. The molecule has 194 valence electrons. The third-order valence-corrected chi connectivity index (χ3v) is 7.64. The van der Waals surface area contributed by atoms with Gasteiger partial charge in [0, 0.05) is 53.5 Å². The summed E-state index contributed by atoms with van der Waals surface area (Å²) in [6.07, 6.45) is 5.42. The summed E-state index contributed by atoms with van der Waals surface area (Å²) < 4.78 is 0. The van der Waals surface area contributed by atoms with Gasteiger partial charge in [-0.2, -0.15) is 0 Å². The molecule has 2 aromatic carbocycles. The van der Waals surface area contributed by atoms with Crippen LogP contribution in [0.3, 0.4) is 0 Å². The molecule has 2 aromatic rings. The number of aliphatic imine (C=N–C) groups is 1. The molecular formula is C28H37Cl2N5O. The Morgan fingerprint density at radius 1 is 1.08 bits per heavy atom. The van der Waals surface area contributed by atoms with Crippen molar-refractivity contribution < 1.29 is 4.79 Å². The molecule has 0 unspecified atom stereocenters. The number of amides is 1. The highest BCUT2D eigenvalue weighted by Crippen LogP contribution is 2.26. The maximum Gasteiger partial charge on any atom is 0.251 e. The molecule has 1 amide bonds. The van der Waals surface area contributed by atoms with Crippen LogP contribution in [0.1, 0.15) is 55.5 Å². The molecule has 1 aliphatic carbocycles. The number of carbonyl (C=O) groups is 1. The standard InChI is InChI=1S/C28H37Cl2N5O/c1-19-3-9-24(10-4-19)33-28(35-16-15-31-20(2)18-35)34-25-11-6-22(7-12-25)27(36)32-14-13-21-5-8-23(29)17-26(21)30/h5-8,11-12,17,19-20,24,31H,3-4,9-10,13-16,18H2,1-2H3,(H,32,36)(H,33,34)/t19?,20-,24?/m0/s1. The van der Waals surface area contributed by atoms with E-state index in [9.17, 15) is 4.79 Å². The van der Waals surface area contributed by atoms with Crippen LogP contribution in [0.5, 0.6) is 0 Å². The fourth-order valence-electron chi connectivity index (χ4n) is 4.83. The van der Waals surface area contributed by atoms with Gasteiger partial charge in [-0.05, 0) is 86.9 Å². The number of nitrogens with one attached hydrogen (secondary N) is 3. The average molecular weight is 531 g/mol. The molecule has 1 saturated heterocycles. The van der Waals surface area contributed by atoms with Gasteiger partial charge >= 0.3 is 0 Å². The van der Waals surface area contributed by atoms with Crippen molar-refractivity contribution >= 4 is 40.8 Å². The van der Waals surface area contributed by atoms with Crippen LogP contribution >= 0.6 is 23.2 Å². The molecule has 0 spiro atoms. The Kier molecular flexibility index (Phi) is 9.52. The number of halogens is 2. The zero-order chi connectivity index (χ0) is 25.5. The van der Waals surface area contributed by atoms with Gasteiger partial charge in [-0.3, -0.25) is 4.79 Å². The van der Waals surface area contributed by atoms with Crippen LogP contribution in [0.2, 0.25) is 10.0 Å². The third-order valence-electron chi connectivity index (χ3n) is 7.06. The summed E-state index contributed by atoms with van der Waals surface area (Å²) in [7, 11) is 0. The highest BCUT2D eigenvalue weighted by atomic mass is 35.5. The fourth-order valence-corrected chi connectivity index (χ4v) is 5.34. The summed E-state index contributed by atoms with van der Waals surface area (Å²) in [4.78, 5) is 20.2. The van der Waals surface area contributed by atoms with Crippen LogP contribution in [-0.4, -0.2) is 55.0 Å². The van der Waals surface area contributed by atoms with Gasteiger partial charge in [0.1, 0.15) is 0 Å². The molecule has 8 heteroatoms. The van der Waals surface area contributed by atoms with Crippen LogP contribution in [0.25, 0.3) is 0 Å². The summed E-state index contributed by atoms with van der Waals surface area (Å²) in [6.45, 7) is 7.84. The quantitative estimate of drug-likeness (QED) is 0.336. The molecule has 1 atom stereocenters. The number of nitrogens with zero attached hydrogens (tertiary/aromatic N) is 2. The monoisotopic (exact) mass is 529 g/mol. The number of piperazine rings is 1. The minimum atomic E-state index is -0.104. The second-order valence-electron chi connectivity index (χ2n) is 10.1. The van der Waals surface area contributed by atoms with Crippen LogP contribution in [0, 0.1) is 5.92 Å². The summed E-state index contributed by atoms with van der Waals surface area (Å²) >= 11 is 12.2. The lowest BCUT2D eigenvalue weighted by Gasteiger charge is -2.35. The van der Waals surface area contributed by atoms with Gasteiger partial charge in [-0.15, -0.1) is 0 Å². The first-order chi connectivity index (χ1) is 17.4. The van der Waals surface area contributed by atoms with Crippen molar-refractivity contribution in [3.8, 4) is 0 Å². The van der Waals surface area contributed by atoms with E-state index in [1.54, 1.807) is 6.07 Å². The van der Waals surface area contributed by atoms with Crippen molar-refractivity contribution in [1.82, 2.24) is 15.5 Å². The van der Waals surface area contributed by atoms with Gasteiger partial charge in [0.05, 0.1) is 6.04 Å². The Balaban J connectivity index is 1.36. The Bertz CT molecular complexity index is 1050.